The summed E-state index contributed by atoms with van der Waals surface area (Å²) in [4.78, 5) is 1.61. The van der Waals surface area contributed by atoms with Gasteiger partial charge in [-0.25, -0.2) is 4.39 Å². The number of benzene rings is 1. The zero-order valence-corrected chi connectivity index (χ0v) is 9.32. The van der Waals surface area contributed by atoms with Crippen LogP contribution in [0, 0.1) is 5.82 Å². The van der Waals surface area contributed by atoms with Crippen molar-refractivity contribution in [2.24, 2.45) is 0 Å². The van der Waals surface area contributed by atoms with E-state index in [1.165, 1.54) is 6.07 Å². The van der Waals surface area contributed by atoms with Crippen LogP contribution in [0.15, 0.2) is 36.4 Å². The first-order valence-electron chi connectivity index (χ1n) is 4.66. The topological polar surface area (TPSA) is 29.0 Å². The molecule has 0 unspecified atom stereocenters. The lowest BCUT2D eigenvalue weighted by molar-refractivity contribution is 0.627. The lowest BCUT2D eigenvalue weighted by atomic mass is 10.3. The second-order valence-electron chi connectivity index (χ2n) is 3.22. The van der Waals surface area contributed by atoms with Crippen molar-refractivity contribution in [2.75, 3.05) is 11.9 Å². The van der Waals surface area contributed by atoms with Gasteiger partial charge in [-0.1, -0.05) is 23.7 Å². The Kier molecular flexibility index (Phi) is 3.01. The Labute approximate surface area is 97.5 Å². The fourth-order valence-corrected chi connectivity index (χ4v) is 1.44. The summed E-state index contributed by atoms with van der Waals surface area (Å²) in [6, 6.07) is 9.77. The zero-order chi connectivity index (χ0) is 11.5. The molecule has 1 aromatic carbocycles. The quantitative estimate of drug-likeness (QED) is 0.804. The molecule has 2 rings (SSSR count). The molecule has 0 amide bonds. The lowest BCUT2D eigenvalue weighted by Gasteiger charge is -2.17. The summed E-state index contributed by atoms with van der Waals surface area (Å²) < 4.78 is 13.5. The van der Waals surface area contributed by atoms with E-state index in [1.807, 2.05) is 0 Å². The van der Waals surface area contributed by atoms with Gasteiger partial charge in [-0.15, -0.1) is 10.2 Å². The number of hydrogen-bond donors (Lipinski definition) is 0. The number of halogens is 2. The average molecular weight is 238 g/mol. The lowest BCUT2D eigenvalue weighted by Crippen LogP contribution is -2.13. The highest BCUT2D eigenvalue weighted by Crippen LogP contribution is 2.23. The Balaban J connectivity index is 2.35. The van der Waals surface area contributed by atoms with Gasteiger partial charge in [0.15, 0.2) is 11.0 Å². The molecule has 0 spiro atoms. The zero-order valence-electron chi connectivity index (χ0n) is 8.56. The molecule has 0 radical (unpaired) electrons. The number of rotatable bonds is 2. The van der Waals surface area contributed by atoms with Crippen molar-refractivity contribution in [2.45, 2.75) is 0 Å². The van der Waals surface area contributed by atoms with Gasteiger partial charge in [-0.3, -0.25) is 0 Å². The molecule has 5 heteroatoms. The summed E-state index contributed by atoms with van der Waals surface area (Å²) in [5, 5.41) is 7.89. The summed E-state index contributed by atoms with van der Waals surface area (Å²) in [6.45, 7) is 0. The standard InChI is InChI=1S/C11H9ClFN3/c1-16(9-5-3-2-4-8(9)13)11-7-6-10(12)14-15-11/h2-7H,1H3. The molecule has 82 valence electrons. The third-order valence-electron chi connectivity index (χ3n) is 2.18. The summed E-state index contributed by atoms with van der Waals surface area (Å²) in [5.41, 5.74) is 0.444. The van der Waals surface area contributed by atoms with E-state index in [1.54, 1.807) is 42.3 Å². The molecule has 0 fully saturated rings. The molecule has 0 bridgehead atoms. The molecule has 0 saturated carbocycles. The molecular weight excluding hydrogens is 229 g/mol. The van der Waals surface area contributed by atoms with Gasteiger partial charge in [0.1, 0.15) is 5.82 Å². The first-order valence-corrected chi connectivity index (χ1v) is 5.04. The van der Waals surface area contributed by atoms with E-state index in [0.29, 0.717) is 16.7 Å². The van der Waals surface area contributed by atoms with Crippen LogP contribution in [0.5, 0.6) is 0 Å². The summed E-state index contributed by atoms with van der Waals surface area (Å²) in [7, 11) is 1.72. The molecule has 0 saturated heterocycles. The molecular formula is C11H9ClFN3. The summed E-state index contributed by atoms with van der Waals surface area (Å²) in [5.74, 6) is 0.233. The Morgan fingerprint density at radius 2 is 1.88 bits per heavy atom. The van der Waals surface area contributed by atoms with Crippen LogP contribution in [-0.4, -0.2) is 17.2 Å². The molecule has 0 aliphatic heterocycles. The van der Waals surface area contributed by atoms with Gasteiger partial charge in [0.05, 0.1) is 5.69 Å². The number of anilines is 2. The van der Waals surface area contributed by atoms with Gasteiger partial charge in [0.2, 0.25) is 0 Å². The highest BCUT2D eigenvalue weighted by molar-refractivity contribution is 6.29. The molecule has 16 heavy (non-hydrogen) atoms. The molecule has 0 aliphatic carbocycles. The third-order valence-corrected chi connectivity index (χ3v) is 2.38. The van der Waals surface area contributed by atoms with Crippen molar-refractivity contribution in [3.63, 3.8) is 0 Å². The molecule has 0 aliphatic rings. The van der Waals surface area contributed by atoms with Crippen molar-refractivity contribution in [1.29, 1.82) is 0 Å². The smallest absolute Gasteiger partial charge is 0.155 e. The average Bonchev–Trinajstić information content (AvgIpc) is 2.30. The highest BCUT2D eigenvalue weighted by atomic mass is 35.5. The van der Waals surface area contributed by atoms with Crippen LogP contribution in [-0.2, 0) is 0 Å². The minimum atomic E-state index is -0.304. The van der Waals surface area contributed by atoms with Crippen molar-refractivity contribution in [3.8, 4) is 0 Å². The predicted molar refractivity (Wildman–Crippen MR) is 61.5 cm³/mol. The molecule has 0 atom stereocenters. The maximum atomic E-state index is 13.5. The van der Waals surface area contributed by atoms with Crippen LogP contribution in [0.4, 0.5) is 15.9 Å². The van der Waals surface area contributed by atoms with Crippen LogP contribution >= 0.6 is 11.6 Å². The van der Waals surface area contributed by atoms with E-state index in [9.17, 15) is 4.39 Å². The molecule has 1 heterocycles. The fraction of sp³-hybridized carbons (Fsp3) is 0.0909. The Morgan fingerprint density at radius 1 is 1.12 bits per heavy atom. The molecule has 3 nitrogen and oxygen atoms in total. The van der Waals surface area contributed by atoms with Crippen LogP contribution in [0.25, 0.3) is 0 Å². The predicted octanol–water partition coefficient (Wildman–Crippen LogP) is 3.04. The summed E-state index contributed by atoms with van der Waals surface area (Å²) in [6.07, 6.45) is 0. The summed E-state index contributed by atoms with van der Waals surface area (Å²) >= 11 is 5.63. The second-order valence-corrected chi connectivity index (χ2v) is 3.61. The van der Waals surface area contributed by atoms with E-state index < -0.39 is 0 Å². The van der Waals surface area contributed by atoms with Crippen LogP contribution in [0.2, 0.25) is 5.15 Å². The van der Waals surface area contributed by atoms with Crippen molar-refractivity contribution in [3.05, 3.63) is 47.4 Å². The second kappa shape index (κ2) is 4.45. The Morgan fingerprint density at radius 3 is 2.50 bits per heavy atom. The van der Waals surface area contributed by atoms with Crippen molar-refractivity contribution in [1.82, 2.24) is 10.2 Å². The van der Waals surface area contributed by atoms with Crippen LogP contribution < -0.4 is 4.90 Å². The van der Waals surface area contributed by atoms with Crippen LogP contribution in [0.1, 0.15) is 0 Å². The maximum Gasteiger partial charge on any atom is 0.155 e. The number of aromatic nitrogens is 2. The van der Waals surface area contributed by atoms with Gasteiger partial charge in [0, 0.05) is 7.05 Å². The van der Waals surface area contributed by atoms with Gasteiger partial charge in [-0.05, 0) is 24.3 Å². The first-order chi connectivity index (χ1) is 7.68. The van der Waals surface area contributed by atoms with Gasteiger partial charge in [-0.2, -0.15) is 0 Å². The number of hydrogen-bond acceptors (Lipinski definition) is 3. The number of para-hydroxylation sites is 1. The molecule has 2 aromatic rings. The molecule has 1 aromatic heterocycles. The van der Waals surface area contributed by atoms with E-state index >= 15 is 0 Å². The number of nitrogens with zero attached hydrogens (tertiary/aromatic N) is 3. The molecule has 0 N–H and O–H groups in total. The Hall–Kier alpha value is -1.68. The van der Waals surface area contributed by atoms with Crippen LogP contribution in [0.3, 0.4) is 0 Å². The van der Waals surface area contributed by atoms with Crippen molar-refractivity contribution < 1.29 is 4.39 Å². The third kappa shape index (κ3) is 2.12. The van der Waals surface area contributed by atoms with Gasteiger partial charge in [0.25, 0.3) is 0 Å². The van der Waals surface area contributed by atoms with Crippen molar-refractivity contribution >= 4 is 23.1 Å². The normalized spacial score (nSPS) is 10.2. The van der Waals surface area contributed by atoms with E-state index in [2.05, 4.69) is 10.2 Å². The Bertz CT molecular complexity index is 487. The van der Waals surface area contributed by atoms with Gasteiger partial charge < -0.3 is 4.90 Å². The van der Waals surface area contributed by atoms with Gasteiger partial charge >= 0.3 is 0 Å². The minimum Gasteiger partial charge on any atom is -0.326 e. The minimum absolute atomic E-state index is 0.304. The largest absolute Gasteiger partial charge is 0.326 e. The maximum absolute atomic E-state index is 13.5. The fourth-order valence-electron chi connectivity index (χ4n) is 1.34. The van der Waals surface area contributed by atoms with E-state index in [-0.39, 0.29) is 5.82 Å². The SMILES string of the molecule is CN(c1ccc(Cl)nn1)c1ccccc1F. The van der Waals surface area contributed by atoms with E-state index in [0.717, 1.165) is 0 Å². The highest BCUT2D eigenvalue weighted by Gasteiger charge is 2.09. The first kappa shape index (κ1) is 10.8. The van der Waals surface area contributed by atoms with E-state index in [4.69, 9.17) is 11.6 Å². The monoisotopic (exact) mass is 237 g/mol.